The van der Waals surface area contributed by atoms with E-state index in [1.807, 2.05) is 0 Å². The fraction of sp³-hybridized carbons (Fsp3) is 0.833. The predicted octanol–water partition coefficient (Wildman–Crippen LogP) is -1.76. The Hall–Kier alpha value is -0.830. The third-order valence-corrected chi connectivity index (χ3v) is 3.07. The van der Waals surface area contributed by atoms with Crippen molar-refractivity contribution in [2.24, 2.45) is 0 Å². The number of ether oxygens (including phenoxy) is 1. The van der Waals surface area contributed by atoms with Crippen molar-refractivity contribution in [3.63, 3.8) is 0 Å². The SMILES string of the molecule is O=C(O)[C@H]1CC(OS(=O)(=O)O)C(OS(=O)(=O)O)CO1. The Labute approximate surface area is 108 Å². The van der Waals surface area contributed by atoms with E-state index in [9.17, 15) is 21.6 Å². The number of aliphatic carboxylic acids is 1. The van der Waals surface area contributed by atoms with Crippen molar-refractivity contribution in [2.45, 2.75) is 24.7 Å². The molecule has 1 heterocycles. The largest absolute Gasteiger partial charge is 0.479 e. The van der Waals surface area contributed by atoms with Crippen molar-refractivity contribution in [1.82, 2.24) is 0 Å². The van der Waals surface area contributed by atoms with Crippen LogP contribution >= 0.6 is 0 Å². The summed E-state index contributed by atoms with van der Waals surface area (Å²) in [4.78, 5) is 10.7. The van der Waals surface area contributed by atoms with Crippen LogP contribution in [0, 0.1) is 0 Å². The van der Waals surface area contributed by atoms with Gasteiger partial charge in [0.25, 0.3) is 0 Å². The Bertz CT molecular complexity index is 534. The predicted molar refractivity (Wildman–Crippen MR) is 54.8 cm³/mol. The summed E-state index contributed by atoms with van der Waals surface area (Å²) in [6, 6.07) is 0. The second-order valence-electron chi connectivity index (χ2n) is 3.52. The van der Waals surface area contributed by atoms with Crippen LogP contribution in [0.1, 0.15) is 6.42 Å². The number of rotatable bonds is 5. The summed E-state index contributed by atoms with van der Waals surface area (Å²) in [5, 5.41) is 8.67. The van der Waals surface area contributed by atoms with E-state index < -0.39 is 58.1 Å². The fourth-order valence-electron chi connectivity index (χ4n) is 1.42. The minimum Gasteiger partial charge on any atom is -0.479 e. The highest BCUT2D eigenvalue weighted by Crippen LogP contribution is 2.22. The molecule has 0 aromatic heterocycles. The van der Waals surface area contributed by atoms with Crippen LogP contribution in [0.5, 0.6) is 0 Å². The number of hydrogen-bond acceptors (Lipinski definition) is 8. The molecule has 0 aromatic carbocycles. The van der Waals surface area contributed by atoms with Crippen LogP contribution in [0.15, 0.2) is 0 Å². The van der Waals surface area contributed by atoms with E-state index in [1.54, 1.807) is 0 Å². The number of hydrogen-bond donors (Lipinski definition) is 3. The molecule has 13 heteroatoms. The van der Waals surface area contributed by atoms with Gasteiger partial charge in [-0.2, -0.15) is 16.8 Å². The molecule has 0 aromatic rings. The number of carboxylic acids is 1. The molecule has 2 unspecified atom stereocenters. The Morgan fingerprint density at radius 3 is 1.95 bits per heavy atom. The average molecular weight is 322 g/mol. The summed E-state index contributed by atoms with van der Waals surface area (Å²) >= 11 is 0. The van der Waals surface area contributed by atoms with Gasteiger partial charge in [0.1, 0.15) is 12.2 Å². The third kappa shape index (κ3) is 5.77. The summed E-state index contributed by atoms with van der Waals surface area (Å²) in [5.74, 6) is -1.44. The molecule has 0 amide bonds. The first-order valence-corrected chi connectivity index (χ1v) is 7.37. The summed E-state index contributed by atoms with van der Waals surface area (Å²) in [6.45, 7) is -0.670. The molecule has 0 radical (unpaired) electrons. The third-order valence-electron chi connectivity index (χ3n) is 2.09. The molecule has 1 aliphatic heterocycles. The van der Waals surface area contributed by atoms with E-state index in [0.717, 1.165) is 0 Å². The van der Waals surface area contributed by atoms with Crippen LogP contribution in [0.4, 0.5) is 0 Å². The average Bonchev–Trinajstić information content (AvgIpc) is 2.15. The van der Waals surface area contributed by atoms with Gasteiger partial charge in [-0.3, -0.25) is 9.11 Å². The minimum absolute atomic E-state index is 0.602. The molecule has 1 saturated heterocycles. The molecule has 3 atom stereocenters. The molecule has 112 valence electrons. The molecule has 3 N–H and O–H groups in total. The van der Waals surface area contributed by atoms with Crippen LogP contribution in [-0.2, 0) is 38.7 Å². The molecule has 1 fully saturated rings. The first kappa shape index (κ1) is 16.2. The van der Waals surface area contributed by atoms with Gasteiger partial charge in [0.2, 0.25) is 0 Å². The van der Waals surface area contributed by atoms with Gasteiger partial charge >= 0.3 is 26.8 Å². The Balaban J connectivity index is 2.87. The van der Waals surface area contributed by atoms with Gasteiger partial charge in [0, 0.05) is 6.42 Å². The van der Waals surface area contributed by atoms with Crippen molar-refractivity contribution in [3.05, 3.63) is 0 Å². The van der Waals surface area contributed by atoms with Gasteiger partial charge in [-0.15, -0.1) is 0 Å². The minimum atomic E-state index is -4.97. The van der Waals surface area contributed by atoms with Crippen molar-refractivity contribution < 1.29 is 48.9 Å². The lowest BCUT2D eigenvalue weighted by Gasteiger charge is -2.31. The zero-order valence-corrected chi connectivity index (χ0v) is 10.7. The molecular formula is C6H10O11S2. The van der Waals surface area contributed by atoms with Gasteiger partial charge in [0.05, 0.1) is 6.61 Å². The highest BCUT2D eigenvalue weighted by molar-refractivity contribution is 7.81. The van der Waals surface area contributed by atoms with E-state index in [0.29, 0.717) is 0 Å². The monoisotopic (exact) mass is 322 g/mol. The molecular weight excluding hydrogens is 312 g/mol. The molecule has 0 bridgehead atoms. The van der Waals surface area contributed by atoms with Gasteiger partial charge in [0.15, 0.2) is 6.10 Å². The smallest absolute Gasteiger partial charge is 0.397 e. The first-order valence-electron chi connectivity index (χ1n) is 4.64. The highest BCUT2D eigenvalue weighted by Gasteiger charge is 2.40. The lowest BCUT2D eigenvalue weighted by atomic mass is 10.0. The summed E-state index contributed by atoms with van der Waals surface area (Å²) in [7, 11) is -9.90. The molecule has 0 spiro atoms. The highest BCUT2D eigenvalue weighted by atomic mass is 32.3. The van der Waals surface area contributed by atoms with E-state index in [4.69, 9.17) is 14.2 Å². The maximum Gasteiger partial charge on any atom is 0.397 e. The molecule has 19 heavy (non-hydrogen) atoms. The summed E-state index contributed by atoms with van der Waals surface area (Å²) < 4.78 is 72.0. The van der Waals surface area contributed by atoms with E-state index in [2.05, 4.69) is 13.1 Å². The van der Waals surface area contributed by atoms with Crippen molar-refractivity contribution in [2.75, 3.05) is 6.61 Å². The van der Waals surface area contributed by atoms with Crippen LogP contribution in [-0.4, -0.2) is 61.9 Å². The van der Waals surface area contributed by atoms with Crippen molar-refractivity contribution in [3.8, 4) is 0 Å². The quantitative estimate of drug-likeness (QED) is 0.489. The summed E-state index contributed by atoms with van der Waals surface area (Å²) in [5.41, 5.74) is 0. The fourth-order valence-corrected chi connectivity index (χ4v) is 2.43. The lowest BCUT2D eigenvalue weighted by molar-refractivity contribution is -0.164. The molecule has 0 saturated carbocycles. The Morgan fingerprint density at radius 1 is 1.05 bits per heavy atom. The maximum absolute atomic E-state index is 10.7. The van der Waals surface area contributed by atoms with Gasteiger partial charge in [-0.1, -0.05) is 0 Å². The Kier molecular flexibility index (Phi) is 4.83. The van der Waals surface area contributed by atoms with Gasteiger partial charge in [-0.25, -0.2) is 13.2 Å². The number of carbonyl (C=O) groups is 1. The molecule has 1 aliphatic rings. The topological polar surface area (TPSA) is 174 Å². The summed E-state index contributed by atoms with van der Waals surface area (Å²) in [6.07, 6.45) is -5.33. The van der Waals surface area contributed by atoms with E-state index in [1.165, 1.54) is 0 Å². The zero-order chi connectivity index (χ0) is 14.8. The second-order valence-corrected chi connectivity index (χ2v) is 5.62. The van der Waals surface area contributed by atoms with Gasteiger partial charge < -0.3 is 9.84 Å². The van der Waals surface area contributed by atoms with Crippen LogP contribution in [0.25, 0.3) is 0 Å². The molecule has 0 aliphatic carbocycles. The van der Waals surface area contributed by atoms with Crippen molar-refractivity contribution in [1.29, 1.82) is 0 Å². The normalized spacial score (nSPS) is 29.1. The van der Waals surface area contributed by atoms with Crippen LogP contribution in [0.3, 0.4) is 0 Å². The zero-order valence-electron chi connectivity index (χ0n) is 9.07. The molecule has 11 nitrogen and oxygen atoms in total. The first-order chi connectivity index (χ1) is 8.48. The van der Waals surface area contributed by atoms with Crippen molar-refractivity contribution >= 4 is 26.8 Å². The second kappa shape index (κ2) is 5.66. The van der Waals surface area contributed by atoms with Gasteiger partial charge in [-0.05, 0) is 0 Å². The van der Waals surface area contributed by atoms with Crippen LogP contribution < -0.4 is 0 Å². The van der Waals surface area contributed by atoms with Crippen LogP contribution in [0.2, 0.25) is 0 Å². The Morgan fingerprint density at radius 2 is 1.53 bits per heavy atom. The van der Waals surface area contributed by atoms with E-state index in [-0.39, 0.29) is 0 Å². The lowest BCUT2D eigenvalue weighted by Crippen LogP contribution is -2.48. The van der Waals surface area contributed by atoms with E-state index >= 15 is 0 Å². The maximum atomic E-state index is 10.7. The standard InChI is InChI=1S/C6H10O11S2/c7-6(8)4-1-3(16-18(9,10)11)5(2-15-4)17-19(12,13)14/h3-5H,1-2H2,(H,7,8)(H,9,10,11)(H,12,13,14)/t3?,4-,5?/m1/s1. The molecule has 1 rings (SSSR count). The number of carboxylic acid groups (broad SMARTS) is 1.